The Labute approximate surface area is 287 Å². The Morgan fingerprint density at radius 2 is 1.00 bits per heavy atom. The summed E-state index contributed by atoms with van der Waals surface area (Å²) >= 11 is 3.40. The second kappa shape index (κ2) is 27.7. The number of benzene rings is 4. The number of methoxy groups -OCH3 is 4. The van der Waals surface area contributed by atoms with Gasteiger partial charge in [0, 0.05) is 5.33 Å². The van der Waals surface area contributed by atoms with Crippen molar-refractivity contribution < 1.29 is 24.7 Å². The zero-order valence-electron chi connectivity index (χ0n) is 28.1. The highest BCUT2D eigenvalue weighted by molar-refractivity contribution is 9.09. The molecule has 4 aromatic carbocycles. The maximum atomic E-state index is 9.96. The summed E-state index contributed by atoms with van der Waals surface area (Å²) in [6.45, 7) is 2.70. The summed E-state index contributed by atoms with van der Waals surface area (Å²) in [5.74, 6) is 3.14. The van der Waals surface area contributed by atoms with Crippen LogP contribution in [0.4, 0.5) is 4.39 Å². The van der Waals surface area contributed by atoms with Crippen molar-refractivity contribution in [3.63, 3.8) is 0 Å². The van der Waals surface area contributed by atoms with Crippen LogP contribution in [0, 0.1) is 0 Å². The maximum Gasteiger partial charge on any atom is 0.160 e. The Bertz CT molecular complexity index is 1300. The Morgan fingerprint density at radius 3 is 1.39 bits per heavy atom. The van der Waals surface area contributed by atoms with Crippen molar-refractivity contribution in [2.24, 2.45) is 5.73 Å². The van der Waals surface area contributed by atoms with E-state index < -0.39 is 7.15 Å². The van der Waals surface area contributed by atoms with Gasteiger partial charge in [-0.25, -0.2) is 0 Å². The van der Waals surface area contributed by atoms with Gasteiger partial charge in [-0.15, -0.1) is 0 Å². The predicted octanol–water partition coefficient (Wildman–Crippen LogP) is 8.13. The van der Waals surface area contributed by atoms with Crippen molar-refractivity contribution in [2.45, 2.75) is 33.1 Å². The highest BCUT2D eigenvalue weighted by Crippen LogP contribution is 2.28. The molecule has 0 spiro atoms. The Kier molecular flexibility index (Phi) is 24.3. The standard InChI is InChI=1S/C18H23NO2.C10H13BrO2.C8H11N.CH3F.CH4/c1-20-17-9-8-16(14-18(17)21-2)11-13-19-12-10-15-6-4-3-5-7-15;1-12-9-4-3-8(5-6-11)7-10(9)13-2;9-7-6-8-4-2-1-3-5-8;1-2;/h3-9,14,19H,10-13H2,1-2H3;3-4,7H,5-6H2,1-2H3;1-5H,6-7,9H2;1H3;1H4/i;;;1D;. The number of hydrogen-bond acceptors (Lipinski definition) is 6. The lowest BCUT2D eigenvalue weighted by molar-refractivity contribution is 0.354. The first kappa shape index (κ1) is 40.4. The van der Waals surface area contributed by atoms with E-state index in [2.05, 4.69) is 63.7 Å². The molecule has 8 heteroatoms. The van der Waals surface area contributed by atoms with Gasteiger partial charge in [0.25, 0.3) is 0 Å². The smallest absolute Gasteiger partial charge is 0.160 e. The quantitative estimate of drug-likeness (QED) is 0.102. The molecule has 0 aliphatic rings. The summed E-state index contributed by atoms with van der Waals surface area (Å²) in [6.07, 6.45) is 4.03. The number of nitrogens with one attached hydrogen (secondary N) is 1. The summed E-state index contributed by atoms with van der Waals surface area (Å²) in [6, 6.07) is 32.9. The molecule has 0 bridgehead atoms. The van der Waals surface area contributed by atoms with Crippen molar-refractivity contribution in [2.75, 3.05) is 60.6 Å². The molecule has 0 fully saturated rings. The number of hydrogen-bond donors (Lipinski definition) is 2. The topological polar surface area (TPSA) is 75.0 Å². The number of alkyl halides is 2. The van der Waals surface area contributed by atoms with Crippen LogP contribution in [-0.2, 0) is 25.7 Å². The minimum absolute atomic E-state index is 0. The van der Waals surface area contributed by atoms with E-state index in [0.29, 0.717) is 0 Å². The highest BCUT2D eigenvalue weighted by Gasteiger charge is 2.05. The lowest BCUT2D eigenvalue weighted by Crippen LogP contribution is -2.20. The van der Waals surface area contributed by atoms with Crippen molar-refractivity contribution in [3.05, 3.63) is 119 Å². The molecular weight excluding hydrogens is 647 g/mol. The second-order valence-corrected chi connectivity index (χ2v) is 10.4. The largest absolute Gasteiger partial charge is 0.493 e. The summed E-state index contributed by atoms with van der Waals surface area (Å²) < 4.78 is 36.4. The van der Waals surface area contributed by atoms with E-state index in [1.165, 1.54) is 22.3 Å². The van der Waals surface area contributed by atoms with Gasteiger partial charge in [-0.3, -0.25) is 4.39 Å². The van der Waals surface area contributed by atoms with Crippen LogP contribution in [0.5, 0.6) is 23.0 Å². The van der Waals surface area contributed by atoms with Crippen molar-refractivity contribution in [3.8, 4) is 23.0 Å². The monoisotopic (exact) mass is 701 g/mol. The summed E-state index contributed by atoms with van der Waals surface area (Å²) in [5.41, 5.74) is 10.5. The molecular formula is C38H54BrFN2O4. The van der Waals surface area contributed by atoms with Crippen LogP contribution in [0.3, 0.4) is 0 Å². The molecule has 6 nitrogen and oxygen atoms in total. The molecule has 4 aromatic rings. The van der Waals surface area contributed by atoms with Gasteiger partial charge >= 0.3 is 0 Å². The number of nitrogens with two attached hydrogens (primary N) is 1. The molecule has 0 heterocycles. The van der Waals surface area contributed by atoms with Gasteiger partial charge in [0.05, 0.1) is 37.0 Å². The van der Waals surface area contributed by atoms with E-state index in [9.17, 15) is 4.39 Å². The minimum atomic E-state index is -1.00. The SMILES string of the molecule is C.COc1ccc(CCBr)cc1OC.COc1ccc(CCNCCc2ccccc2)cc1OC.NCCc1ccccc1.[2H]CF. The fourth-order valence-electron chi connectivity index (χ4n) is 4.23. The summed E-state index contributed by atoms with van der Waals surface area (Å²) in [5, 5.41) is 4.44. The van der Waals surface area contributed by atoms with Gasteiger partial charge in [0.2, 0.25) is 0 Å². The zero-order valence-corrected chi connectivity index (χ0v) is 28.7. The molecule has 3 N–H and O–H groups in total. The predicted molar refractivity (Wildman–Crippen MR) is 196 cm³/mol. The highest BCUT2D eigenvalue weighted by atomic mass is 79.9. The number of rotatable bonds is 14. The van der Waals surface area contributed by atoms with Crippen LogP contribution in [-0.4, -0.2) is 60.6 Å². The number of aryl methyl sites for hydroxylation is 1. The zero-order chi connectivity index (χ0) is 33.8. The third-order valence-electron chi connectivity index (χ3n) is 6.58. The van der Waals surface area contributed by atoms with Gasteiger partial charge in [0.1, 0.15) is 0 Å². The van der Waals surface area contributed by atoms with E-state index in [1.54, 1.807) is 28.4 Å². The molecule has 0 aliphatic carbocycles. The summed E-state index contributed by atoms with van der Waals surface area (Å²) in [4.78, 5) is 0. The summed E-state index contributed by atoms with van der Waals surface area (Å²) in [7, 11) is 5.61. The van der Waals surface area contributed by atoms with Crippen molar-refractivity contribution in [1.29, 1.82) is 0 Å². The molecule has 0 unspecified atom stereocenters. The lowest BCUT2D eigenvalue weighted by Gasteiger charge is -2.10. The molecule has 254 valence electrons. The van der Waals surface area contributed by atoms with E-state index in [4.69, 9.17) is 26.1 Å². The molecule has 0 atom stereocenters. The Hall–Kier alpha value is -3.59. The molecule has 0 saturated heterocycles. The first-order valence-corrected chi connectivity index (χ1v) is 15.9. The van der Waals surface area contributed by atoms with Crippen molar-refractivity contribution >= 4 is 15.9 Å². The minimum Gasteiger partial charge on any atom is -0.493 e. The Morgan fingerprint density at radius 1 is 0.609 bits per heavy atom. The second-order valence-electron chi connectivity index (χ2n) is 9.58. The van der Waals surface area contributed by atoms with Crippen LogP contribution in [0.2, 0.25) is 0 Å². The van der Waals surface area contributed by atoms with Crippen LogP contribution >= 0.6 is 15.9 Å². The Balaban J connectivity index is 0.000000695. The average molecular weight is 703 g/mol. The van der Waals surface area contributed by atoms with Crippen LogP contribution in [0.15, 0.2) is 97.1 Å². The van der Waals surface area contributed by atoms with E-state index in [0.717, 1.165) is 73.6 Å². The van der Waals surface area contributed by atoms with Crippen LogP contribution in [0.25, 0.3) is 0 Å². The first-order chi connectivity index (χ1) is 22.5. The maximum absolute atomic E-state index is 9.96. The molecule has 46 heavy (non-hydrogen) atoms. The first-order valence-electron chi connectivity index (χ1n) is 15.5. The molecule has 4 rings (SSSR count). The van der Waals surface area contributed by atoms with Gasteiger partial charge in [-0.05, 0) is 91.8 Å². The van der Waals surface area contributed by atoms with Gasteiger partial charge in [0.15, 0.2) is 23.0 Å². The fraction of sp³-hybridized carbons (Fsp3) is 0.368. The van der Waals surface area contributed by atoms with E-state index in [-0.39, 0.29) is 7.43 Å². The average Bonchev–Trinajstić information content (AvgIpc) is 3.10. The molecule has 0 saturated carbocycles. The van der Waals surface area contributed by atoms with Crippen LogP contribution in [0.1, 0.15) is 31.1 Å². The molecule has 0 aromatic heterocycles. The molecule has 0 aliphatic heterocycles. The molecule has 0 radical (unpaired) electrons. The van der Waals surface area contributed by atoms with Gasteiger partial charge < -0.3 is 30.0 Å². The molecule has 0 amide bonds. The fourth-order valence-corrected chi connectivity index (χ4v) is 4.69. The van der Waals surface area contributed by atoms with Gasteiger partial charge in [-0.1, -0.05) is 96.2 Å². The van der Waals surface area contributed by atoms with E-state index in [1.807, 2.05) is 54.6 Å². The third kappa shape index (κ3) is 17.2. The normalized spacial score (nSPS) is 9.76. The lowest BCUT2D eigenvalue weighted by atomic mass is 10.1. The van der Waals surface area contributed by atoms with E-state index >= 15 is 0 Å². The number of ether oxygens (including phenoxy) is 4. The van der Waals surface area contributed by atoms with Crippen LogP contribution < -0.4 is 30.0 Å². The van der Waals surface area contributed by atoms with Gasteiger partial charge in [-0.2, -0.15) is 0 Å². The van der Waals surface area contributed by atoms with Crippen molar-refractivity contribution in [1.82, 2.24) is 5.32 Å². The number of halogens is 2. The third-order valence-corrected chi connectivity index (χ3v) is 6.98.